The lowest BCUT2D eigenvalue weighted by molar-refractivity contribution is -0.117. The lowest BCUT2D eigenvalue weighted by Crippen LogP contribution is -2.23. The van der Waals surface area contributed by atoms with Crippen LogP contribution in [0, 0.1) is 23.7 Å². The Morgan fingerprint density at radius 1 is 1.27 bits per heavy atom. The zero-order valence-corrected chi connectivity index (χ0v) is 15.2. The fraction of sp³-hybridized carbons (Fsp3) is 0.632. The summed E-state index contributed by atoms with van der Waals surface area (Å²) in [6.45, 7) is 0.493. The number of rotatable bonds is 6. The summed E-state index contributed by atoms with van der Waals surface area (Å²) < 4.78 is 7.99. The number of nitrogens with zero attached hydrogens (tertiary/aromatic N) is 3. The highest BCUT2D eigenvalue weighted by Crippen LogP contribution is 2.82. The average Bonchev–Trinajstić information content (AvgIpc) is 3.32. The van der Waals surface area contributed by atoms with Gasteiger partial charge in [-0.1, -0.05) is 11.6 Å². The number of fused-ring (bicyclic) bond motifs is 2. The second-order valence-corrected chi connectivity index (χ2v) is 8.59. The maximum atomic E-state index is 12.4. The van der Waals surface area contributed by atoms with Crippen molar-refractivity contribution >= 4 is 34.6 Å². The van der Waals surface area contributed by atoms with Gasteiger partial charge >= 0.3 is 0 Å². The first-order valence-electron chi connectivity index (χ1n) is 9.66. The lowest BCUT2D eigenvalue weighted by Gasteiger charge is -2.28. The molecule has 5 fully saturated rings. The number of hydrogen-bond donors (Lipinski definition) is 1. The van der Waals surface area contributed by atoms with Gasteiger partial charge in [-0.25, -0.2) is 9.97 Å². The van der Waals surface area contributed by atoms with Gasteiger partial charge in [0.1, 0.15) is 10.7 Å². The number of amides is 1. The molecule has 6 nitrogen and oxygen atoms in total. The quantitative estimate of drug-likeness (QED) is 0.789. The van der Waals surface area contributed by atoms with Crippen LogP contribution in [0.2, 0.25) is 5.15 Å². The first kappa shape index (κ1) is 15.4. The van der Waals surface area contributed by atoms with Crippen LogP contribution in [0.3, 0.4) is 0 Å². The Morgan fingerprint density at radius 3 is 2.81 bits per heavy atom. The first-order chi connectivity index (χ1) is 12.7. The summed E-state index contributed by atoms with van der Waals surface area (Å²) >= 11 is 6.06. The molecule has 5 aliphatic rings. The molecule has 7 heteroatoms. The first-order valence-corrected chi connectivity index (χ1v) is 10.0. The largest absolute Gasteiger partial charge is 0.377 e. The molecular weight excluding hydrogens is 352 g/mol. The SMILES string of the molecule is O=C(CCO[C@H]1C[C@@H]2C3C1[C@@H]32)Nc1nc2ccc(Cl)nc2n1C1CCC1. The highest BCUT2D eigenvalue weighted by atomic mass is 35.5. The second-order valence-electron chi connectivity index (χ2n) is 8.21. The number of imidazole rings is 1. The highest BCUT2D eigenvalue weighted by molar-refractivity contribution is 6.29. The zero-order valence-electron chi connectivity index (χ0n) is 14.4. The molecule has 2 heterocycles. The zero-order chi connectivity index (χ0) is 17.4. The number of nitrogens with one attached hydrogen (secondary N) is 1. The molecule has 1 N–H and O–H groups in total. The second kappa shape index (κ2) is 5.42. The van der Waals surface area contributed by atoms with E-state index >= 15 is 0 Å². The van der Waals surface area contributed by atoms with E-state index in [0.29, 0.717) is 36.3 Å². The van der Waals surface area contributed by atoms with Crippen molar-refractivity contribution in [1.29, 1.82) is 0 Å². The molecule has 0 aliphatic heterocycles. The molecule has 0 spiro atoms. The minimum Gasteiger partial charge on any atom is -0.377 e. The molecule has 2 aromatic rings. The van der Waals surface area contributed by atoms with Gasteiger partial charge in [0.15, 0.2) is 5.65 Å². The molecule has 136 valence electrons. The van der Waals surface area contributed by atoms with Crippen molar-refractivity contribution in [2.45, 2.75) is 44.2 Å². The van der Waals surface area contributed by atoms with E-state index in [1.54, 1.807) is 6.07 Å². The molecule has 0 radical (unpaired) electrons. The number of carbonyl (C=O) groups excluding carboxylic acids is 1. The van der Waals surface area contributed by atoms with Crippen molar-refractivity contribution in [1.82, 2.24) is 14.5 Å². The summed E-state index contributed by atoms with van der Waals surface area (Å²) in [6.07, 6.45) is 5.35. The van der Waals surface area contributed by atoms with Crippen LogP contribution < -0.4 is 5.32 Å². The van der Waals surface area contributed by atoms with Gasteiger partial charge in [0, 0.05) is 6.04 Å². The van der Waals surface area contributed by atoms with Crippen LogP contribution in [-0.2, 0) is 9.53 Å². The maximum absolute atomic E-state index is 12.4. The van der Waals surface area contributed by atoms with Crippen LogP contribution in [-0.4, -0.2) is 33.2 Å². The number of hydrogen-bond acceptors (Lipinski definition) is 4. The van der Waals surface area contributed by atoms with Gasteiger partial charge in [0.25, 0.3) is 0 Å². The Balaban J connectivity index is 1.14. The fourth-order valence-corrected chi connectivity index (χ4v) is 5.32. The monoisotopic (exact) mass is 372 g/mol. The minimum absolute atomic E-state index is 0.0512. The van der Waals surface area contributed by atoms with E-state index in [2.05, 4.69) is 15.3 Å². The molecule has 2 unspecified atom stereocenters. The molecule has 2 bridgehead atoms. The Labute approximate surface area is 156 Å². The van der Waals surface area contributed by atoms with Gasteiger partial charge in [-0.05, 0) is 61.5 Å². The summed E-state index contributed by atoms with van der Waals surface area (Å²) in [5.74, 6) is 4.27. The van der Waals surface area contributed by atoms with Gasteiger partial charge in [0.05, 0.1) is 19.1 Å². The van der Waals surface area contributed by atoms with Gasteiger partial charge in [-0.2, -0.15) is 0 Å². The Morgan fingerprint density at radius 2 is 2.12 bits per heavy atom. The van der Waals surface area contributed by atoms with E-state index in [-0.39, 0.29) is 5.91 Å². The van der Waals surface area contributed by atoms with Crippen molar-refractivity contribution in [3.63, 3.8) is 0 Å². The van der Waals surface area contributed by atoms with E-state index in [9.17, 15) is 4.79 Å². The number of pyridine rings is 1. The molecule has 0 aromatic carbocycles. The molecule has 1 amide bonds. The minimum atomic E-state index is -0.0512. The summed E-state index contributed by atoms with van der Waals surface area (Å²) in [4.78, 5) is 21.4. The Bertz CT molecular complexity index is 892. The number of carbonyl (C=O) groups is 1. The predicted molar refractivity (Wildman–Crippen MR) is 97.0 cm³/mol. The summed E-state index contributed by atoms with van der Waals surface area (Å²) in [6, 6.07) is 3.93. The van der Waals surface area contributed by atoms with Crippen LogP contribution in [0.25, 0.3) is 11.2 Å². The van der Waals surface area contributed by atoms with Gasteiger partial charge < -0.3 is 4.74 Å². The topological polar surface area (TPSA) is 69.0 Å². The van der Waals surface area contributed by atoms with Crippen molar-refractivity contribution in [3.05, 3.63) is 17.3 Å². The predicted octanol–water partition coefficient (Wildman–Crippen LogP) is 3.42. The Hall–Kier alpha value is -1.66. The van der Waals surface area contributed by atoms with E-state index in [1.165, 1.54) is 12.8 Å². The van der Waals surface area contributed by atoms with E-state index in [4.69, 9.17) is 16.3 Å². The van der Waals surface area contributed by atoms with Crippen molar-refractivity contribution < 1.29 is 9.53 Å². The van der Waals surface area contributed by atoms with Gasteiger partial charge in [0.2, 0.25) is 11.9 Å². The van der Waals surface area contributed by atoms with Crippen LogP contribution in [0.15, 0.2) is 12.1 Å². The molecule has 26 heavy (non-hydrogen) atoms. The van der Waals surface area contributed by atoms with Crippen molar-refractivity contribution in [2.24, 2.45) is 23.7 Å². The molecule has 2 aromatic heterocycles. The molecule has 5 saturated carbocycles. The van der Waals surface area contributed by atoms with Crippen LogP contribution in [0.5, 0.6) is 0 Å². The van der Waals surface area contributed by atoms with Crippen LogP contribution >= 0.6 is 11.6 Å². The van der Waals surface area contributed by atoms with Gasteiger partial charge in [-0.15, -0.1) is 0 Å². The molecule has 5 atom stereocenters. The number of halogens is 1. The molecule has 0 saturated heterocycles. The third-order valence-electron chi connectivity index (χ3n) is 6.83. The fourth-order valence-electron chi connectivity index (χ4n) is 5.17. The summed E-state index contributed by atoms with van der Waals surface area (Å²) in [5.41, 5.74) is 1.52. The summed E-state index contributed by atoms with van der Waals surface area (Å²) in [7, 11) is 0. The number of aromatic nitrogens is 3. The third kappa shape index (κ3) is 2.24. The van der Waals surface area contributed by atoms with Crippen LogP contribution in [0.4, 0.5) is 5.95 Å². The molecule has 7 rings (SSSR count). The third-order valence-corrected chi connectivity index (χ3v) is 7.04. The summed E-state index contributed by atoms with van der Waals surface area (Å²) in [5, 5.41) is 3.42. The molecular formula is C19H21ClN4O2. The van der Waals surface area contributed by atoms with E-state index in [1.807, 2.05) is 10.6 Å². The number of anilines is 1. The number of ether oxygens (including phenoxy) is 1. The highest BCUT2D eigenvalue weighted by Gasteiger charge is 2.80. The maximum Gasteiger partial charge on any atom is 0.229 e. The van der Waals surface area contributed by atoms with Gasteiger partial charge in [-0.3, -0.25) is 14.7 Å². The lowest BCUT2D eigenvalue weighted by atomic mass is 9.93. The van der Waals surface area contributed by atoms with E-state index < -0.39 is 0 Å². The van der Waals surface area contributed by atoms with Crippen molar-refractivity contribution in [3.8, 4) is 0 Å². The standard InChI is InChI=1S/C19H21ClN4O2/c20-13-5-4-11-18(22-13)24(9-2-1-3-9)19(21-11)23-14(25)6-7-26-12-8-10-15-16(10)17(12)15/h4-5,9-10,12,15-17H,1-3,6-8H2,(H,21,23,25)/t10-,12-,15+,16?,17?/m0/s1. The normalized spacial score (nSPS) is 33.8. The smallest absolute Gasteiger partial charge is 0.229 e. The van der Waals surface area contributed by atoms with E-state index in [0.717, 1.165) is 47.7 Å². The van der Waals surface area contributed by atoms with Crippen LogP contribution in [0.1, 0.15) is 38.1 Å². The average molecular weight is 373 g/mol. The van der Waals surface area contributed by atoms with Crippen molar-refractivity contribution in [2.75, 3.05) is 11.9 Å². The Kier molecular flexibility index (Phi) is 3.21. The molecule has 5 aliphatic carbocycles.